The Morgan fingerprint density at radius 1 is 0.955 bits per heavy atom. The monoisotopic (exact) mass is 326 g/mol. The molecule has 22 heavy (non-hydrogen) atoms. The molecule has 0 aliphatic carbocycles. The van der Waals surface area contributed by atoms with Crippen LogP contribution in [0.1, 0.15) is 47.5 Å². The summed E-state index contributed by atoms with van der Waals surface area (Å²) in [6.07, 6.45) is -5.24. The minimum atomic E-state index is -4.78. The second-order valence-electron chi connectivity index (χ2n) is 6.73. The van der Waals surface area contributed by atoms with Crippen molar-refractivity contribution in [2.75, 3.05) is 0 Å². The number of rotatable bonds is 8. The van der Waals surface area contributed by atoms with Gasteiger partial charge >= 0.3 is 18.1 Å². The van der Waals surface area contributed by atoms with E-state index >= 15 is 0 Å². The number of halogens is 3. The number of carbonyl (C=O) groups is 2. The van der Waals surface area contributed by atoms with Crippen LogP contribution in [0, 0.1) is 29.1 Å². The van der Waals surface area contributed by atoms with Crippen LogP contribution in [-0.4, -0.2) is 28.3 Å². The van der Waals surface area contributed by atoms with Crippen LogP contribution < -0.4 is 0 Å². The summed E-state index contributed by atoms with van der Waals surface area (Å²) < 4.78 is 39.8. The van der Waals surface area contributed by atoms with Crippen LogP contribution in [0.25, 0.3) is 0 Å². The molecule has 0 rings (SSSR count). The lowest BCUT2D eigenvalue weighted by atomic mass is 9.60. The van der Waals surface area contributed by atoms with Gasteiger partial charge in [0.25, 0.3) is 0 Å². The predicted octanol–water partition coefficient (Wildman–Crippen LogP) is 4.05. The second-order valence-corrected chi connectivity index (χ2v) is 6.73. The summed E-state index contributed by atoms with van der Waals surface area (Å²) in [6, 6.07) is 0. The van der Waals surface area contributed by atoms with Crippen LogP contribution in [0.15, 0.2) is 0 Å². The molecule has 0 aliphatic heterocycles. The summed E-state index contributed by atoms with van der Waals surface area (Å²) in [4.78, 5) is 23.4. The van der Waals surface area contributed by atoms with Crippen LogP contribution in [0.5, 0.6) is 0 Å². The molecule has 2 N–H and O–H groups in total. The second kappa shape index (κ2) is 7.33. The third kappa shape index (κ3) is 4.61. The lowest BCUT2D eigenvalue weighted by Crippen LogP contribution is -2.53. The van der Waals surface area contributed by atoms with Crippen LogP contribution in [0.2, 0.25) is 0 Å². The first-order valence-corrected chi connectivity index (χ1v) is 7.29. The molecular formula is C15H25F3O4. The fourth-order valence-corrected chi connectivity index (χ4v) is 3.01. The van der Waals surface area contributed by atoms with Crippen molar-refractivity contribution < 1.29 is 33.0 Å². The van der Waals surface area contributed by atoms with E-state index in [1.54, 1.807) is 27.7 Å². The quantitative estimate of drug-likeness (QED) is 0.705. The summed E-state index contributed by atoms with van der Waals surface area (Å²) in [5.41, 5.74) is -2.37. The smallest absolute Gasteiger partial charge is 0.392 e. The zero-order valence-electron chi connectivity index (χ0n) is 13.6. The number of aliphatic carboxylic acids is 2. The van der Waals surface area contributed by atoms with Gasteiger partial charge in [0.05, 0.1) is 17.3 Å². The Labute approximate surface area is 128 Å². The highest BCUT2D eigenvalue weighted by Gasteiger charge is 2.61. The highest BCUT2D eigenvalue weighted by Crippen LogP contribution is 2.50. The molecule has 0 aliphatic rings. The molecule has 0 heterocycles. The maximum absolute atomic E-state index is 13.3. The highest BCUT2D eigenvalue weighted by atomic mass is 19.4. The summed E-state index contributed by atoms with van der Waals surface area (Å²) in [7, 11) is 0. The van der Waals surface area contributed by atoms with Gasteiger partial charge in [-0.15, -0.1) is 0 Å². The summed E-state index contributed by atoms with van der Waals surface area (Å²) in [5, 5.41) is 19.0. The largest absolute Gasteiger partial charge is 0.481 e. The van der Waals surface area contributed by atoms with Gasteiger partial charge in [-0.2, -0.15) is 13.2 Å². The summed E-state index contributed by atoms with van der Waals surface area (Å²) in [6.45, 7) is 7.28. The third-order valence-electron chi connectivity index (χ3n) is 4.03. The van der Waals surface area contributed by atoms with E-state index in [4.69, 9.17) is 0 Å². The molecule has 0 amide bonds. The molecule has 0 aromatic heterocycles. The molecule has 3 unspecified atom stereocenters. The van der Waals surface area contributed by atoms with E-state index in [1.807, 2.05) is 0 Å². The lowest BCUT2D eigenvalue weighted by molar-refractivity contribution is -0.224. The van der Waals surface area contributed by atoms with Gasteiger partial charge in [0, 0.05) is 0 Å². The number of carboxylic acid groups (broad SMARTS) is 2. The van der Waals surface area contributed by atoms with Crippen LogP contribution in [-0.2, 0) is 9.59 Å². The Balaban J connectivity index is 6.23. The molecule has 3 atom stereocenters. The van der Waals surface area contributed by atoms with E-state index in [9.17, 15) is 33.0 Å². The van der Waals surface area contributed by atoms with Gasteiger partial charge in [0.15, 0.2) is 0 Å². The molecule has 0 radical (unpaired) electrons. The van der Waals surface area contributed by atoms with E-state index in [0.29, 0.717) is 0 Å². The molecule has 130 valence electrons. The normalized spacial score (nSPS) is 18.1. The van der Waals surface area contributed by atoms with E-state index < -0.39 is 35.4 Å². The van der Waals surface area contributed by atoms with Gasteiger partial charge in [-0.3, -0.25) is 9.59 Å². The molecule has 4 nitrogen and oxygen atoms in total. The van der Waals surface area contributed by atoms with Crippen molar-refractivity contribution in [3.05, 3.63) is 0 Å². The Morgan fingerprint density at radius 2 is 1.41 bits per heavy atom. The van der Waals surface area contributed by atoms with Gasteiger partial charge < -0.3 is 10.2 Å². The van der Waals surface area contributed by atoms with Crippen molar-refractivity contribution in [2.24, 2.45) is 29.1 Å². The zero-order chi connectivity index (χ0) is 17.9. The topological polar surface area (TPSA) is 74.6 Å². The predicted molar refractivity (Wildman–Crippen MR) is 75.3 cm³/mol. The molecule has 0 saturated carbocycles. The molecule has 0 aromatic carbocycles. The molecule has 7 heteroatoms. The van der Waals surface area contributed by atoms with E-state index in [1.165, 1.54) is 0 Å². The Morgan fingerprint density at radius 3 is 1.64 bits per heavy atom. The number of hydrogen-bond donors (Lipinski definition) is 2. The maximum Gasteiger partial charge on any atom is 0.392 e. The lowest BCUT2D eigenvalue weighted by Gasteiger charge is -2.42. The Bertz CT molecular complexity index is 404. The molecule has 0 aromatic rings. The fourth-order valence-electron chi connectivity index (χ4n) is 3.01. The average Bonchev–Trinajstić information content (AvgIpc) is 2.30. The van der Waals surface area contributed by atoms with E-state index in [0.717, 1.165) is 6.92 Å². The van der Waals surface area contributed by atoms with Crippen molar-refractivity contribution in [3.63, 3.8) is 0 Å². The van der Waals surface area contributed by atoms with Crippen molar-refractivity contribution in [1.29, 1.82) is 0 Å². The summed E-state index contributed by atoms with van der Waals surface area (Å²) >= 11 is 0. The Hall–Kier alpha value is -1.27. The summed E-state index contributed by atoms with van der Waals surface area (Å²) in [5.74, 6) is -7.64. The molecule has 0 bridgehead atoms. The molecule has 0 fully saturated rings. The Kier molecular flexibility index (Phi) is 6.91. The molecule has 0 spiro atoms. The van der Waals surface area contributed by atoms with Gasteiger partial charge in [-0.1, -0.05) is 34.6 Å². The number of carboxylic acids is 2. The zero-order valence-corrected chi connectivity index (χ0v) is 13.6. The first-order chi connectivity index (χ1) is 9.76. The van der Waals surface area contributed by atoms with Crippen molar-refractivity contribution in [2.45, 2.75) is 53.6 Å². The van der Waals surface area contributed by atoms with Gasteiger partial charge in [-0.25, -0.2) is 0 Å². The SMILES string of the molecule is CC(C)CC(C(=O)O)C(CC(C)C)(C(=O)O)C(C)C(F)(F)F. The highest BCUT2D eigenvalue weighted by molar-refractivity contribution is 5.84. The molecule has 0 saturated heterocycles. The van der Waals surface area contributed by atoms with Gasteiger partial charge in [0.2, 0.25) is 0 Å². The van der Waals surface area contributed by atoms with Gasteiger partial charge in [0.1, 0.15) is 0 Å². The standard InChI is InChI=1S/C15H25F3O4/c1-8(2)6-11(12(19)20)14(13(21)22,7-9(3)4)10(5)15(16,17)18/h8-11H,6-7H2,1-5H3,(H,19,20)(H,21,22). The first kappa shape index (κ1) is 20.7. The fraction of sp³-hybridized carbons (Fsp3) is 0.867. The van der Waals surface area contributed by atoms with E-state index in [-0.39, 0.29) is 24.7 Å². The average molecular weight is 326 g/mol. The van der Waals surface area contributed by atoms with Crippen LogP contribution >= 0.6 is 0 Å². The van der Waals surface area contributed by atoms with Crippen molar-refractivity contribution in [3.8, 4) is 0 Å². The maximum atomic E-state index is 13.3. The number of hydrogen-bond acceptors (Lipinski definition) is 2. The van der Waals surface area contributed by atoms with Crippen LogP contribution in [0.4, 0.5) is 13.2 Å². The minimum absolute atomic E-state index is 0.116. The third-order valence-corrected chi connectivity index (χ3v) is 4.03. The van der Waals surface area contributed by atoms with Gasteiger partial charge in [-0.05, 0) is 24.7 Å². The minimum Gasteiger partial charge on any atom is -0.481 e. The van der Waals surface area contributed by atoms with Crippen molar-refractivity contribution >= 4 is 11.9 Å². The van der Waals surface area contributed by atoms with Crippen molar-refractivity contribution in [1.82, 2.24) is 0 Å². The number of alkyl halides is 3. The first-order valence-electron chi connectivity index (χ1n) is 7.29. The van der Waals surface area contributed by atoms with Crippen LogP contribution in [0.3, 0.4) is 0 Å². The molecular weight excluding hydrogens is 301 g/mol. The van der Waals surface area contributed by atoms with E-state index in [2.05, 4.69) is 0 Å².